The first-order valence-electron chi connectivity index (χ1n) is 12.2. The van der Waals surface area contributed by atoms with Crippen LogP contribution in [0, 0.1) is 22.7 Å². The Hall–Kier alpha value is -5.72. The van der Waals surface area contributed by atoms with Gasteiger partial charge in [-0.05, 0) is 65.1 Å². The Kier molecular flexibility index (Phi) is 8.79. The van der Waals surface area contributed by atoms with Gasteiger partial charge in [-0.15, -0.1) is 0 Å². The molecule has 4 rings (SSSR count). The van der Waals surface area contributed by atoms with Gasteiger partial charge in [-0.3, -0.25) is 9.59 Å². The molecule has 2 N–H and O–H groups in total. The van der Waals surface area contributed by atoms with E-state index in [0.717, 1.165) is 22.3 Å². The lowest BCUT2D eigenvalue weighted by Crippen LogP contribution is -2.13. The molecule has 0 aromatic heterocycles. The third-order valence-corrected chi connectivity index (χ3v) is 5.78. The molecule has 0 saturated heterocycles. The summed E-state index contributed by atoms with van der Waals surface area (Å²) < 4.78 is 0. The Morgan fingerprint density at radius 3 is 1.26 bits per heavy atom. The van der Waals surface area contributed by atoms with Gasteiger partial charge >= 0.3 is 0 Å². The van der Waals surface area contributed by atoms with Gasteiger partial charge in [0.05, 0.1) is 0 Å². The van der Waals surface area contributed by atoms with Crippen LogP contribution in [0.25, 0.3) is 12.2 Å². The minimum absolute atomic E-state index is 0.0231. The van der Waals surface area contributed by atoms with Crippen LogP contribution in [0.1, 0.15) is 22.3 Å². The van der Waals surface area contributed by atoms with Crippen molar-refractivity contribution in [1.29, 1.82) is 10.5 Å². The summed E-state index contributed by atoms with van der Waals surface area (Å²) in [5, 5.41) is 24.3. The monoisotopic (exact) mass is 508 g/mol. The molecule has 0 aliphatic heterocycles. The van der Waals surface area contributed by atoms with Gasteiger partial charge in [0.2, 0.25) is 0 Å². The van der Waals surface area contributed by atoms with E-state index in [1.165, 1.54) is 0 Å². The van der Waals surface area contributed by atoms with Gasteiger partial charge in [0, 0.05) is 11.4 Å². The van der Waals surface area contributed by atoms with E-state index in [0.29, 0.717) is 17.8 Å². The maximum absolute atomic E-state index is 12.5. The fraction of sp³-hybridized carbons (Fsp3) is 0.0303. The Bertz CT molecular complexity index is 1470. The molecule has 0 bridgehead atoms. The molecule has 0 aliphatic rings. The predicted molar refractivity (Wildman–Crippen MR) is 153 cm³/mol. The molecular formula is C33H24N4O2. The fourth-order valence-corrected chi connectivity index (χ4v) is 3.77. The molecule has 4 aromatic carbocycles. The molecule has 4 aromatic rings. The first-order chi connectivity index (χ1) is 19.0. The van der Waals surface area contributed by atoms with Crippen LogP contribution in [-0.4, -0.2) is 11.8 Å². The van der Waals surface area contributed by atoms with Crippen LogP contribution in [-0.2, 0) is 16.0 Å². The largest absolute Gasteiger partial charge is 0.321 e. The van der Waals surface area contributed by atoms with Crippen molar-refractivity contribution < 1.29 is 9.59 Å². The molecular weight excluding hydrogens is 484 g/mol. The zero-order valence-electron chi connectivity index (χ0n) is 21.0. The van der Waals surface area contributed by atoms with Gasteiger partial charge in [-0.25, -0.2) is 0 Å². The van der Waals surface area contributed by atoms with Crippen molar-refractivity contribution in [1.82, 2.24) is 0 Å². The Morgan fingerprint density at radius 2 is 0.923 bits per heavy atom. The molecule has 0 radical (unpaired) electrons. The van der Waals surface area contributed by atoms with E-state index in [2.05, 4.69) is 10.6 Å². The van der Waals surface area contributed by atoms with Gasteiger partial charge in [-0.1, -0.05) is 84.9 Å². The lowest BCUT2D eigenvalue weighted by atomic mass is 10.0. The summed E-state index contributed by atoms with van der Waals surface area (Å²) in [7, 11) is 0. The topological polar surface area (TPSA) is 106 Å². The van der Waals surface area contributed by atoms with Crippen LogP contribution in [0.3, 0.4) is 0 Å². The molecule has 6 heteroatoms. The molecule has 2 amide bonds. The normalized spacial score (nSPS) is 11.1. The van der Waals surface area contributed by atoms with Gasteiger partial charge < -0.3 is 10.6 Å². The van der Waals surface area contributed by atoms with Gasteiger partial charge in [0.1, 0.15) is 23.3 Å². The van der Waals surface area contributed by atoms with Crippen molar-refractivity contribution in [2.24, 2.45) is 0 Å². The van der Waals surface area contributed by atoms with E-state index in [-0.39, 0.29) is 11.1 Å². The summed E-state index contributed by atoms with van der Waals surface area (Å²) in [4.78, 5) is 25.1. The van der Waals surface area contributed by atoms with Crippen molar-refractivity contribution in [3.8, 4) is 12.1 Å². The average molecular weight is 509 g/mol. The minimum Gasteiger partial charge on any atom is -0.321 e. The van der Waals surface area contributed by atoms with Crippen molar-refractivity contribution in [2.45, 2.75) is 6.42 Å². The minimum atomic E-state index is -0.468. The summed E-state index contributed by atoms with van der Waals surface area (Å²) in [5.41, 5.74) is 4.84. The highest BCUT2D eigenvalue weighted by Gasteiger charge is 2.11. The number of nitriles is 2. The van der Waals surface area contributed by atoms with Gasteiger partial charge in [-0.2, -0.15) is 10.5 Å². The second kappa shape index (κ2) is 13.0. The number of carbonyl (C=O) groups is 2. The lowest BCUT2D eigenvalue weighted by molar-refractivity contribution is -0.113. The average Bonchev–Trinajstić information content (AvgIpc) is 2.97. The van der Waals surface area contributed by atoms with Crippen LogP contribution in [0.5, 0.6) is 0 Å². The van der Waals surface area contributed by atoms with Crippen molar-refractivity contribution in [3.05, 3.63) is 143 Å². The maximum atomic E-state index is 12.5. The lowest BCUT2D eigenvalue weighted by Gasteiger charge is -2.08. The molecule has 0 unspecified atom stereocenters. The van der Waals surface area contributed by atoms with Crippen molar-refractivity contribution >= 4 is 35.3 Å². The quantitative estimate of drug-likeness (QED) is 0.213. The summed E-state index contributed by atoms with van der Waals surface area (Å²) in [6.07, 6.45) is 3.75. The van der Waals surface area contributed by atoms with E-state index in [9.17, 15) is 20.1 Å². The SMILES string of the molecule is N#C/C(=C/c1ccccc1)C(=O)Nc1ccc(Cc2ccc(NC(=O)/C(C#N)=C\c3ccccc3)cc2)cc1. The van der Waals surface area contributed by atoms with Gasteiger partial charge in [0.15, 0.2) is 0 Å². The Morgan fingerprint density at radius 1 is 0.564 bits per heavy atom. The molecule has 0 fully saturated rings. The molecule has 39 heavy (non-hydrogen) atoms. The van der Waals surface area contributed by atoms with Crippen LogP contribution < -0.4 is 10.6 Å². The third-order valence-electron chi connectivity index (χ3n) is 5.78. The zero-order chi connectivity index (χ0) is 27.5. The van der Waals surface area contributed by atoms with E-state index >= 15 is 0 Å². The number of hydrogen-bond donors (Lipinski definition) is 2. The van der Waals surface area contributed by atoms with E-state index in [4.69, 9.17) is 0 Å². The first-order valence-corrected chi connectivity index (χ1v) is 12.2. The van der Waals surface area contributed by atoms with Crippen LogP contribution in [0.15, 0.2) is 120 Å². The molecule has 0 saturated carbocycles. The summed E-state index contributed by atoms with van der Waals surface area (Å²) in [6.45, 7) is 0. The first kappa shape index (κ1) is 26.3. The summed E-state index contributed by atoms with van der Waals surface area (Å²) >= 11 is 0. The number of benzene rings is 4. The maximum Gasteiger partial charge on any atom is 0.266 e. The van der Waals surface area contributed by atoms with Crippen LogP contribution >= 0.6 is 0 Å². The number of hydrogen-bond acceptors (Lipinski definition) is 4. The number of amides is 2. The van der Waals surface area contributed by atoms with Crippen molar-refractivity contribution in [2.75, 3.05) is 10.6 Å². The number of nitrogens with zero attached hydrogens (tertiary/aromatic N) is 2. The number of carbonyl (C=O) groups excluding carboxylic acids is 2. The molecule has 6 nitrogen and oxygen atoms in total. The highest BCUT2D eigenvalue weighted by atomic mass is 16.2. The van der Waals surface area contributed by atoms with Crippen LogP contribution in [0.4, 0.5) is 11.4 Å². The highest BCUT2D eigenvalue weighted by molar-refractivity contribution is 6.10. The molecule has 0 heterocycles. The Balaban J connectivity index is 1.34. The molecule has 0 atom stereocenters. The summed E-state index contributed by atoms with van der Waals surface area (Å²) in [5.74, 6) is -0.935. The standard InChI is InChI=1S/C33H24N4O2/c34-22-28(20-24-7-3-1-4-8-24)32(38)36-30-15-11-26(12-16-30)19-27-13-17-31(18-14-27)37-33(39)29(23-35)21-25-9-5-2-6-10-25/h1-18,20-21H,19H2,(H,36,38)(H,37,39)/b28-20-,29-21-. The van der Waals surface area contributed by atoms with Gasteiger partial charge in [0.25, 0.3) is 11.8 Å². The molecule has 188 valence electrons. The van der Waals surface area contributed by atoms with E-state index < -0.39 is 11.8 Å². The summed E-state index contributed by atoms with van der Waals surface area (Å²) in [6, 6.07) is 37.1. The van der Waals surface area contributed by atoms with E-state index in [1.54, 1.807) is 36.4 Å². The third kappa shape index (κ3) is 7.63. The van der Waals surface area contributed by atoms with E-state index in [1.807, 2.05) is 97.1 Å². The smallest absolute Gasteiger partial charge is 0.266 e. The van der Waals surface area contributed by atoms with Crippen molar-refractivity contribution in [3.63, 3.8) is 0 Å². The number of anilines is 2. The second-order valence-electron chi connectivity index (χ2n) is 8.64. The molecule has 0 aliphatic carbocycles. The zero-order valence-corrected chi connectivity index (χ0v) is 21.0. The number of rotatable bonds is 8. The highest BCUT2D eigenvalue weighted by Crippen LogP contribution is 2.18. The second-order valence-corrected chi connectivity index (χ2v) is 8.64. The Labute approximate surface area is 227 Å². The molecule has 0 spiro atoms. The predicted octanol–water partition coefficient (Wildman–Crippen LogP) is 6.37. The number of nitrogens with one attached hydrogen (secondary N) is 2. The van der Waals surface area contributed by atoms with Crippen LogP contribution in [0.2, 0.25) is 0 Å². The fourth-order valence-electron chi connectivity index (χ4n) is 3.77.